The summed E-state index contributed by atoms with van der Waals surface area (Å²) in [5, 5.41) is 19.2. The topological polar surface area (TPSA) is 165 Å². The molecule has 13 heteroatoms. The van der Waals surface area contributed by atoms with Crippen molar-refractivity contribution in [3.8, 4) is 10.4 Å². The Hall–Kier alpha value is -4.52. The smallest absolute Gasteiger partial charge is 0.407 e. The molecule has 0 unspecified atom stereocenters. The Bertz CT molecular complexity index is 1750. The minimum Gasteiger partial charge on any atom is -0.465 e. The number of piperidine rings is 1. The Morgan fingerprint density at radius 2 is 2.02 bits per heavy atom. The highest BCUT2D eigenvalue weighted by molar-refractivity contribution is 7.13. The number of amides is 2. The zero-order valence-corrected chi connectivity index (χ0v) is 23.0. The number of nitrogens with two attached hydrogens (primary N) is 1. The number of fused-ring (bicyclic) bond motifs is 2. The first kappa shape index (κ1) is 25.7. The lowest BCUT2D eigenvalue weighted by atomic mass is 9.95. The number of oxazole rings is 1. The lowest BCUT2D eigenvalue weighted by Crippen LogP contribution is -2.40. The molecule has 4 N–H and O–H groups in total. The van der Waals surface area contributed by atoms with Crippen LogP contribution in [-0.4, -0.2) is 59.8 Å². The normalized spacial score (nSPS) is 16.1. The number of carbonyl (C=O) groups excluding carboxylic acids is 1. The van der Waals surface area contributed by atoms with Crippen molar-refractivity contribution >= 4 is 57.3 Å². The van der Waals surface area contributed by atoms with E-state index >= 15 is 0 Å². The number of hydrogen-bond donors (Lipinski definition) is 3. The average Bonchev–Trinajstić information content (AvgIpc) is 3.66. The second-order valence-corrected chi connectivity index (χ2v) is 11.8. The van der Waals surface area contributed by atoms with Gasteiger partial charge in [-0.3, -0.25) is 10.1 Å². The van der Waals surface area contributed by atoms with Gasteiger partial charge >= 0.3 is 12.1 Å². The number of thiophene rings is 1. The molecule has 1 saturated heterocycles. The highest BCUT2D eigenvalue weighted by Crippen LogP contribution is 2.33. The highest BCUT2D eigenvalue weighted by atomic mass is 32.1. The summed E-state index contributed by atoms with van der Waals surface area (Å²) in [5.41, 5.74) is 8.52. The minimum atomic E-state index is -0.998. The monoisotopic (exact) mass is 560 g/mol. The molecule has 0 spiro atoms. The molecule has 40 heavy (non-hydrogen) atoms. The van der Waals surface area contributed by atoms with E-state index in [0.29, 0.717) is 47.3 Å². The number of likely N-dealkylation sites (tertiary alicyclic amines) is 1. The van der Waals surface area contributed by atoms with Crippen LogP contribution in [0.2, 0.25) is 0 Å². The summed E-state index contributed by atoms with van der Waals surface area (Å²) in [7, 11) is 0. The number of nitrogens with zero attached hydrogens (tertiary/aromatic N) is 6. The molecule has 5 heterocycles. The summed E-state index contributed by atoms with van der Waals surface area (Å²) in [5.74, 6) is 0.0332. The number of anilines is 2. The van der Waals surface area contributed by atoms with Gasteiger partial charge in [0, 0.05) is 23.4 Å². The molecular weight excluding hydrogens is 532 g/mol. The van der Waals surface area contributed by atoms with E-state index in [4.69, 9.17) is 15.1 Å². The van der Waals surface area contributed by atoms with E-state index in [-0.39, 0.29) is 30.1 Å². The van der Waals surface area contributed by atoms with E-state index in [0.717, 1.165) is 10.4 Å². The summed E-state index contributed by atoms with van der Waals surface area (Å²) in [4.78, 5) is 41.4. The van der Waals surface area contributed by atoms with E-state index in [1.807, 2.05) is 56.5 Å². The molecule has 206 valence electrons. The molecule has 0 aliphatic carbocycles. The first-order valence-electron chi connectivity index (χ1n) is 12.9. The van der Waals surface area contributed by atoms with Gasteiger partial charge in [0.1, 0.15) is 17.2 Å². The Kier molecular flexibility index (Phi) is 6.17. The zero-order valence-electron chi connectivity index (χ0n) is 22.2. The van der Waals surface area contributed by atoms with Crippen molar-refractivity contribution in [1.29, 1.82) is 0 Å². The van der Waals surface area contributed by atoms with Crippen molar-refractivity contribution in [2.45, 2.75) is 45.1 Å². The molecule has 1 aliphatic heterocycles. The minimum absolute atomic E-state index is 0.0157. The fourth-order valence-electron chi connectivity index (χ4n) is 4.87. The molecule has 12 nitrogen and oxygen atoms in total. The van der Waals surface area contributed by atoms with Crippen LogP contribution in [0.5, 0.6) is 0 Å². The van der Waals surface area contributed by atoms with Gasteiger partial charge in [0.2, 0.25) is 0 Å². The number of carboxylic acid groups (broad SMARTS) is 1. The van der Waals surface area contributed by atoms with E-state index < -0.39 is 17.4 Å². The standard InChI is InChI=1S/C27H28N8O4S/c1-27(2,3)24-30-21(28)19-20(33-35(22(19)31-24)15-6-4-10-34(13-15)26(37)38)23(36)32-25-29-16-12-14(8-9-17(16)39-25)18-7-5-11-40-18/h5,7-9,11-12,15H,4,6,10,13H2,1-3H3,(H,37,38)(H2,28,30,31)(H,29,32,36)/t15-/m1/s1. The average molecular weight is 561 g/mol. The summed E-state index contributed by atoms with van der Waals surface area (Å²) < 4.78 is 7.41. The van der Waals surface area contributed by atoms with Crippen molar-refractivity contribution in [2.75, 3.05) is 24.1 Å². The summed E-state index contributed by atoms with van der Waals surface area (Å²) in [6.45, 7) is 6.55. The van der Waals surface area contributed by atoms with Gasteiger partial charge in [-0.05, 0) is 48.1 Å². The highest BCUT2D eigenvalue weighted by Gasteiger charge is 2.32. The Morgan fingerprint density at radius 1 is 1.20 bits per heavy atom. The zero-order chi connectivity index (χ0) is 28.2. The quantitative estimate of drug-likeness (QED) is 0.270. The van der Waals surface area contributed by atoms with E-state index in [1.165, 1.54) is 4.90 Å². The van der Waals surface area contributed by atoms with Gasteiger partial charge in [-0.25, -0.2) is 19.4 Å². The largest absolute Gasteiger partial charge is 0.465 e. The number of benzene rings is 1. The second-order valence-electron chi connectivity index (χ2n) is 10.8. The maximum absolute atomic E-state index is 13.6. The third-order valence-electron chi connectivity index (χ3n) is 6.89. The van der Waals surface area contributed by atoms with Crippen LogP contribution < -0.4 is 11.1 Å². The number of rotatable bonds is 4. The molecule has 0 bridgehead atoms. The van der Waals surface area contributed by atoms with Crippen LogP contribution in [0.15, 0.2) is 40.1 Å². The summed E-state index contributed by atoms with van der Waals surface area (Å²) >= 11 is 1.62. The molecule has 1 aromatic carbocycles. The van der Waals surface area contributed by atoms with Gasteiger partial charge in [-0.1, -0.05) is 26.8 Å². The van der Waals surface area contributed by atoms with Gasteiger partial charge in [0.05, 0.1) is 11.4 Å². The van der Waals surface area contributed by atoms with Crippen LogP contribution in [0, 0.1) is 0 Å². The second kappa shape index (κ2) is 9.59. The van der Waals surface area contributed by atoms with Gasteiger partial charge in [-0.2, -0.15) is 10.1 Å². The lowest BCUT2D eigenvalue weighted by Gasteiger charge is -2.31. The third kappa shape index (κ3) is 4.62. The molecule has 5 aromatic rings. The molecule has 0 radical (unpaired) electrons. The predicted octanol–water partition coefficient (Wildman–Crippen LogP) is 5.14. The first-order chi connectivity index (χ1) is 19.1. The maximum atomic E-state index is 13.6. The maximum Gasteiger partial charge on any atom is 0.407 e. The molecule has 2 amide bonds. The molecular formula is C27H28N8O4S. The van der Waals surface area contributed by atoms with Crippen molar-refractivity contribution in [3.63, 3.8) is 0 Å². The fraction of sp³-hybridized carbons (Fsp3) is 0.333. The van der Waals surface area contributed by atoms with E-state index in [2.05, 4.69) is 20.4 Å². The van der Waals surface area contributed by atoms with Crippen LogP contribution in [-0.2, 0) is 5.41 Å². The number of carbonyl (C=O) groups is 2. The Morgan fingerprint density at radius 3 is 2.75 bits per heavy atom. The summed E-state index contributed by atoms with van der Waals surface area (Å²) in [6.07, 6.45) is 0.332. The van der Waals surface area contributed by atoms with Gasteiger partial charge in [-0.15, -0.1) is 11.3 Å². The summed E-state index contributed by atoms with van der Waals surface area (Å²) in [6, 6.07) is 9.36. The van der Waals surface area contributed by atoms with Crippen LogP contribution >= 0.6 is 11.3 Å². The SMILES string of the molecule is CC(C)(C)c1nc(N)c2c(C(=O)Nc3nc4cc(-c5cccs5)ccc4o3)nn([C@@H]3CCCN(C(=O)O)C3)c2n1. The van der Waals surface area contributed by atoms with Crippen molar-refractivity contribution in [1.82, 2.24) is 29.6 Å². The van der Waals surface area contributed by atoms with Crippen molar-refractivity contribution < 1.29 is 19.1 Å². The number of nitrogens with one attached hydrogen (secondary N) is 1. The third-order valence-corrected chi connectivity index (χ3v) is 7.81. The Labute approximate surface area is 232 Å². The molecule has 0 saturated carbocycles. The molecule has 6 rings (SSSR count). The molecule has 1 fully saturated rings. The lowest BCUT2D eigenvalue weighted by molar-refractivity contribution is 0.101. The van der Waals surface area contributed by atoms with Crippen molar-refractivity contribution in [3.05, 3.63) is 47.2 Å². The van der Waals surface area contributed by atoms with Crippen LogP contribution in [0.1, 0.15) is 56.0 Å². The predicted molar refractivity (Wildman–Crippen MR) is 152 cm³/mol. The number of nitrogen functional groups attached to an aromatic ring is 1. The fourth-order valence-corrected chi connectivity index (χ4v) is 5.60. The molecule has 1 atom stereocenters. The van der Waals surface area contributed by atoms with Gasteiger partial charge < -0.3 is 20.2 Å². The van der Waals surface area contributed by atoms with Crippen LogP contribution in [0.3, 0.4) is 0 Å². The first-order valence-corrected chi connectivity index (χ1v) is 13.8. The molecule has 4 aromatic heterocycles. The Balaban J connectivity index is 1.39. The molecule has 1 aliphatic rings. The number of aromatic nitrogens is 5. The van der Waals surface area contributed by atoms with Crippen molar-refractivity contribution in [2.24, 2.45) is 0 Å². The van der Waals surface area contributed by atoms with E-state index in [9.17, 15) is 14.7 Å². The van der Waals surface area contributed by atoms with Gasteiger partial charge in [0.15, 0.2) is 16.9 Å². The van der Waals surface area contributed by atoms with Crippen LogP contribution in [0.4, 0.5) is 16.6 Å². The van der Waals surface area contributed by atoms with E-state index in [1.54, 1.807) is 16.0 Å². The van der Waals surface area contributed by atoms with Gasteiger partial charge in [0.25, 0.3) is 5.91 Å². The number of hydrogen-bond acceptors (Lipinski definition) is 9. The van der Waals surface area contributed by atoms with Crippen LogP contribution in [0.25, 0.3) is 32.6 Å².